The standard InChI is InChI=1S/C21H18N4O2S/c1-14(15-7-9-22-10-8-15)24-19(26)12-25-13-23-20-17(21(25)27)11-18(28-20)16-5-3-2-4-6-16/h2-11,13-14H,12H2,1H3,(H,24,26)/t14-/m1/s1. The fraction of sp³-hybridized carbons (Fsp3) is 0.143. The van der Waals surface area contributed by atoms with Gasteiger partial charge in [-0.15, -0.1) is 11.3 Å². The highest BCUT2D eigenvalue weighted by Gasteiger charge is 2.14. The summed E-state index contributed by atoms with van der Waals surface area (Å²) in [6, 6.07) is 15.2. The maximum absolute atomic E-state index is 12.8. The Morgan fingerprint density at radius 3 is 2.68 bits per heavy atom. The molecular weight excluding hydrogens is 372 g/mol. The molecule has 4 rings (SSSR count). The van der Waals surface area contributed by atoms with Crippen molar-refractivity contribution in [3.63, 3.8) is 0 Å². The first-order valence-corrected chi connectivity index (χ1v) is 9.67. The molecule has 1 N–H and O–H groups in total. The summed E-state index contributed by atoms with van der Waals surface area (Å²) in [6.45, 7) is 1.82. The second-order valence-electron chi connectivity index (χ2n) is 6.44. The lowest BCUT2D eigenvalue weighted by Crippen LogP contribution is -2.33. The third kappa shape index (κ3) is 3.70. The van der Waals surface area contributed by atoms with Gasteiger partial charge < -0.3 is 5.32 Å². The number of carbonyl (C=O) groups excluding carboxylic acids is 1. The fourth-order valence-electron chi connectivity index (χ4n) is 2.99. The van der Waals surface area contributed by atoms with E-state index in [2.05, 4.69) is 15.3 Å². The van der Waals surface area contributed by atoms with Gasteiger partial charge in [0.25, 0.3) is 5.56 Å². The largest absolute Gasteiger partial charge is 0.348 e. The molecule has 7 heteroatoms. The number of aromatic nitrogens is 3. The van der Waals surface area contributed by atoms with Crippen LogP contribution in [0.1, 0.15) is 18.5 Å². The maximum atomic E-state index is 12.8. The Morgan fingerprint density at radius 1 is 1.18 bits per heavy atom. The summed E-state index contributed by atoms with van der Waals surface area (Å²) >= 11 is 1.47. The molecule has 0 bridgehead atoms. The second-order valence-corrected chi connectivity index (χ2v) is 7.47. The molecule has 3 aromatic heterocycles. The summed E-state index contributed by atoms with van der Waals surface area (Å²) < 4.78 is 1.35. The van der Waals surface area contributed by atoms with E-state index in [1.807, 2.05) is 55.5 Å². The number of hydrogen-bond acceptors (Lipinski definition) is 5. The molecule has 3 heterocycles. The monoisotopic (exact) mass is 390 g/mol. The van der Waals surface area contributed by atoms with Gasteiger partial charge in [0.1, 0.15) is 11.4 Å². The minimum absolute atomic E-state index is 0.0757. The van der Waals surface area contributed by atoms with E-state index in [1.165, 1.54) is 22.2 Å². The van der Waals surface area contributed by atoms with E-state index < -0.39 is 0 Å². The normalized spacial score (nSPS) is 12.0. The Bertz CT molecular complexity index is 1170. The van der Waals surface area contributed by atoms with Gasteiger partial charge in [-0.2, -0.15) is 0 Å². The lowest BCUT2D eigenvalue weighted by Gasteiger charge is -2.14. The highest BCUT2D eigenvalue weighted by molar-refractivity contribution is 7.21. The first-order chi connectivity index (χ1) is 13.6. The molecule has 1 aromatic carbocycles. The molecular formula is C21H18N4O2S. The number of nitrogens with one attached hydrogen (secondary N) is 1. The van der Waals surface area contributed by atoms with E-state index >= 15 is 0 Å². The minimum atomic E-state index is -0.244. The summed E-state index contributed by atoms with van der Waals surface area (Å²) in [6.07, 6.45) is 4.80. The van der Waals surface area contributed by atoms with Crippen LogP contribution < -0.4 is 10.9 Å². The predicted octanol–water partition coefficient (Wildman–Crippen LogP) is 3.40. The van der Waals surface area contributed by atoms with Crippen molar-refractivity contribution < 1.29 is 4.79 Å². The van der Waals surface area contributed by atoms with E-state index in [1.54, 1.807) is 12.4 Å². The number of thiophene rings is 1. The van der Waals surface area contributed by atoms with Crippen molar-refractivity contribution in [3.8, 4) is 10.4 Å². The molecule has 1 atom stereocenters. The Labute approximate surface area is 165 Å². The third-order valence-corrected chi connectivity index (χ3v) is 5.57. The van der Waals surface area contributed by atoms with Crippen LogP contribution >= 0.6 is 11.3 Å². The van der Waals surface area contributed by atoms with Crippen LogP contribution in [-0.4, -0.2) is 20.4 Å². The summed E-state index contributed by atoms with van der Waals surface area (Å²) in [7, 11) is 0. The average Bonchev–Trinajstić information content (AvgIpc) is 3.17. The smallest absolute Gasteiger partial charge is 0.262 e. The van der Waals surface area contributed by atoms with Crippen LogP contribution in [0.15, 0.2) is 72.0 Å². The Morgan fingerprint density at radius 2 is 1.93 bits per heavy atom. The molecule has 140 valence electrons. The Kier molecular flexibility index (Phi) is 4.99. The van der Waals surface area contributed by atoms with Crippen molar-refractivity contribution in [1.82, 2.24) is 19.9 Å². The zero-order valence-corrected chi connectivity index (χ0v) is 16.0. The van der Waals surface area contributed by atoms with Gasteiger partial charge in [-0.05, 0) is 36.2 Å². The molecule has 1 amide bonds. The van der Waals surface area contributed by atoms with Crippen LogP contribution in [-0.2, 0) is 11.3 Å². The summed E-state index contributed by atoms with van der Waals surface area (Å²) in [5.74, 6) is -0.244. The van der Waals surface area contributed by atoms with Crippen LogP contribution in [0.2, 0.25) is 0 Å². The Balaban J connectivity index is 1.55. The van der Waals surface area contributed by atoms with Gasteiger partial charge in [-0.25, -0.2) is 4.98 Å². The van der Waals surface area contributed by atoms with Crippen LogP contribution in [0.25, 0.3) is 20.7 Å². The molecule has 0 aliphatic rings. The maximum Gasteiger partial charge on any atom is 0.262 e. The van der Waals surface area contributed by atoms with Crippen molar-refractivity contribution >= 4 is 27.5 Å². The number of rotatable bonds is 5. The van der Waals surface area contributed by atoms with Gasteiger partial charge in [0.05, 0.1) is 17.8 Å². The molecule has 0 saturated heterocycles. The van der Waals surface area contributed by atoms with E-state index in [9.17, 15) is 9.59 Å². The van der Waals surface area contributed by atoms with Crippen LogP contribution in [0, 0.1) is 0 Å². The minimum Gasteiger partial charge on any atom is -0.348 e. The van der Waals surface area contributed by atoms with Gasteiger partial charge in [-0.1, -0.05) is 30.3 Å². The quantitative estimate of drug-likeness (QED) is 0.567. The second kappa shape index (κ2) is 7.74. The highest BCUT2D eigenvalue weighted by Crippen LogP contribution is 2.30. The molecule has 6 nitrogen and oxygen atoms in total. The third-order valence-electron chi connectivity index (χ3n) is 4.47. The van der Waals surface area contributed by atoms with Crippen molar-refractivity contribution in [2.24, 2.45) is 0 Å². The molecule has 0 radical (unpaired) electrons. The zero-order chi connectivity index (χ0) is 19.5. The molecule has 0 fully saturated rings. The highest BCUT2D eigenvalue weighted by atomic mass is 32.1. The first kappa shape index (κ1) is 18.1. The number of fused-ring (bicyclic) bond motifs is 1. The van der Waals surface area contributed by atoms with E-state index in [0.717, 1.165) is 16.0 Å². The molecule has 0 spiro atoms. The summed E-state index contributed by atoms with van der Waals surface area (Å²) in [5, 5.41) is 3.43. The van der Waals surface area contributed by atoms with Crippen molar-refractivity contribution in [1.29, 1.82) is 0 Å². The van der Waals surface area contributed by atoms with Gasteiger partial charge in [0.15, 0.2) is 0 Å². The van der Waals surface area contributed by atoms with E-state index in [-0.39, 0.29) is 24.1 Å². The zero-order valence-electron chi connectivity index (χ0n) is 15.2. The Hall–Kier alpha value is -3.32. The summed E-state index contributed by atoms with van der Waals surface area (Å²) in [5.41, 5.74) is 1.78. The number of pyridine rings is 1. The molecule has 28 heavy (non-hydrogen) atoms. The predicted molar refractivity (Wildman–Crippen MR) is 110 cm³/mol. The number of hydrogen-bond donors (Lipinski definition) is 1. The average molecular weight is 390 g/mol. The van der Waals surface area contributed by atoms with Gasteiger partial charge in [-0.3, -0.25) is 19.1 Å². The van der Waals surface area contributed by atoms with E-state index in [0.29, 0.717) is 10.2 Å². The summed E-state index contributed by atoms with van der Waals surface area (Å²) in [4.78, 5) is 35.2. The first-order valence-electron chi connectivity index (χ1n) is 8.85. The molecule has 0 aliphatic heterocycles. The SMILES string of the molecule is C[C@@H](NC(=O)Cn1cnc2sc(-c3ccccc3)cc2c1=O)c1ccncc1. The topological polar surface area (TPSA) is 76.9 Å². The molecule has 0 aliphatic carbocycles. The van der Waals surface area contributed by atoms with E-state index in [4.69, 9.17) is 0 Å². The van der Waals surface area contributed by atoms with Crippen LogP contribution in [0.5, 0.6) is 0 Å². The fourth-order valence-corrected chi connectivity index (χ4v) is 3.99. The number of carbonyl (C=O) groups is 1. The van der Waals surface area contributed by atoms with Crippen LogP contribution in [0.3, 0.4) is 0 Å². The van der Waals surface area contributed by atoms with Gasteiger partial charge in [0.2, 0.25) is 5.91 Å². The molecule has 0 unspecified atom stereocenters. The van der Waals surface area contributed by atoms with Crippen molar-refractivity contribution in [2.75, 3.05) is 0 Å². The molecule has 4 aromatic rings. The lowest BCUT2D eigenvalue weighted by molar-refractivity contribution is -0.122. The van der Waals surface area contributed by atoms with Crippen molar-refractivity contribution in [2.45, 2.75) is 19.5 Å². The number of benzene rings is 1. The van der Waals surface area contributed by atoms with Gasteiger partial charge >= 0.3 is 0 Å². The number of amides is 1. The van der Waals surface area contributed by atoms with Crippen molar-refractivity contribution in [3.05, 3.63) is 83.2 Å². The van der Waals surface area contributed by atoms with Crippen LogP contribution in [0.4, 0.5) is 0 Å². The lowest BCUT2D eigenvalue weighted by atomic mass is 10.1. The van der Waals surface area contributed by atoms with Gasteiger partial charge in [0, 0.05) is 17.3 Å². The molecule has 0 saturated carbocycles. The number of nitrogens with zero attached hydrogens (tertiary/aromatic N) is 3.